The monoisotopic (exact) mass is 379 g/mol. The molecule has 0 saturated carbocycles. The van der Waals surface area contributed by atoms with Gasteiger partial charge in [0.2, 0.25) is 5.91 Å². The van der Waals surface area contributed by atoms with E-state index < -0.39 is 0 Å². The van der Waals surface area contributed by atoms with Gasteiger partial charge >= 0.3 is 0 Å². The van der Waals surface area contributed by atoms with E-state index in [4.69, 9.17) is 0 Å². The summed E-state index contributed by atoms with van der Waals surface area (Å²) in [6.45, 7) is 3.45. The number of likely N-dealkylation sites (N-methyl/N-ethyl adjacent to an activating group) is 1. The lowest BCUT2D eigenvalue weighted by atomic mass is 9.68. The SMILES string of the molecule is [11CH3]N1C(=O)C2(CCCCN3CCc4sccc4C3)CCCc3cccc1c32. The van der Waals surface area contributed by atoms with E-state index in [2.05, 4.69) is 34.5 Å². The van der Waals surface area contributed by atoms with Gasteiger partial charge in [-0.1, -0.05) is 18.6 Å². The molecular formula is C23H28N2OS. The minimum Gasteiger partial charge on any atom is -0.314 e. The second-order valence-electron chi connectivity index (χ2n) is 8.46. The molecule has 0 radical (unpaired) electrons. The summed E-state index contributed by atoms with van der Waals surface area (Å²) in [6, 6.07) is 8.79. The van der Waals surface area contributed by atoms with E-state index in [1.165, 1.54) is 41.8 Å². The first-order chi connectivity index (χ1) is 13.2. The highest BCUT2D eigenvalue weighted by Gasteiger charge is 2.51. The zero-order valence-electron chi connectivity index (χ0n) is 16.2. The Hall–Kier alpha value is -1.65. The van der Waals surface area contributed by atoms with Gasteiger partial charge in [0.05, 0.1) is 5.41 Å². The molecule has 1 unspecified atom stereocenters. The second kappa shape index (κ2) is 6.75. The number of unbranched alkanes of at least 4 members (excludes halogenated alkanes) is 1. The van der Waals surface area contributed by atoms with E-state index in [0.717, 1.165) is 45.2 Å². The molecule has 3 nitrogen and oxygen atoms in total. The van der Waals surface area contributed by atoms with Crippen LogP contribution in [0.1, 0.15) is 53.7 Å². The molecule has 1 aromatic heterocycles. The van der Waals surface area contributed by atoms with Crippen molar-refractivity contribution in [1.29, 1.82) is 0 Å². The van der Waals surface area contributed by atoms with E-state index in [0.29, 0.717) is 5.91 Å². The molecule has 27 heavy (non-hydrogen) atoms. The second-order valence-corrected chi connectivity index (χ2v) is 9.46. The smallest absolute Gasteiger partial charge is 0.237 e. The van der Waals surface area contributed by atoms with Gasteiger partial charge in [-0.05, 0) is 79.3 Å². The van der Waals surface area contributed by atoms with Crippen LogP contribution in [0.3, 0.4) is 0 Å². The Morgan fingerprint density at radius 1 is 1.15 bits per heavy atom. The lowest BCUT2D eigenvalue weighted by Gasteiger charge is -2.34. The summed E-state index contributed by atoms with van der Waals surface area (Å²) in [5.41, 5.74) is 5.24. The Morgan fingerprint density at radius 3 is 3.00 bits per heavy atom. The van der Waals surface area contributed by atoms with Crippen LogP contribution in [0, 0.1) is 0 Å². The number of nitrogens with zero attached hydrogens (tertiary/aromatic N) is 2. The van der Waals surface area contributed by atoms with Crippen LogP contribution in [-0.4, -0.2) is 30.9 Å². The number of hydrogen-bond donors (Lipinski definition) is 0. The molecule has 0 bridgehead atoms. The molecular weight excluding hydrogens is 351 g/mol. The molecule has 1 atom stereocenters. The van der Waals surface area contributed by atoms with Crippen molar-refractivity contribution in [2.45, 2.75) is 56.9 Å². The standard InChI is InChI=1S/C23H28N2OS/c1-24-19-8-4-6-17-7-5-12-23(21(17)19,22(24)26)11-2-3-13-25-14-9-20-18(16-25)10-15-27-20/h4,6,8,10,15H,2-3,5,7,9,11-14,16H2,1H3/i1-1. The summed E-state index contributed by atoms with van der Waals surface area (Å²) < 4.78 is 0. The lowest BCUT2D eigenvalue weighted by Crippen LogP contribution is -2.40. The fourth-order valence-corrected chi connectivity index (χ4v) is 6.48. The van der Waals surface area contributed by atoms with Crippen molar-refractivity contribution in [3.63, 3.8) is 0 Å². The van der Waals surface area contributed by atoms with Crippen LogP contribution in [-0.2, 0) is 29.6 Å². The van der Waals surface area contributed by atoms with Crippen molar-refractivity contribution in [2.24, 2.45) is 0 Å². The zero-order valence-corrected chi connectivity index (χ0v) is 17.0. The van der Waals surface area contributed by atoms with E-state index in [1.54, 1.807) is 4.88 Å². The van der Waals surface area contributed by atoms with Gasteiger partial charge in [0.1, 0.15) is 0 Å². The van der Waals surface area contributed by atoms with Crippen molar-refractivity contribution in [3.05, 3.63) is 51.2 Å². The van der Waals surface area contributed by atoms with Crippen LogP contribution in [0.5, 0.6) is 0 Å². The van der Waals surface area contributed by atoms with E-state index >= 15 is 0 Å². The van der Waals surface area contributed by atoms with E-state index in [1.807, 2.05) is 23.3 Å². The Balaban J connectivity index is 1.26. The first kappa shape index (κ1) is 17.4. The third kappa shape index (κ3) is 2.76. The fourth-order valence-electron chi connectivity index (χ4n) is 5.59. The van der Waals surface area contributed by atoms with Crippen LogP contribution in [0.4, 0.5) is 5.69 Å². The molecule has 0 N–H and O–H groups in total. The summed E-state index contributed by atoms with van der Waals surface area (Å²) in [6.07, 6.45) is 7.85. The molecule has 1 aromatic carbocycles. The highest BCUT2D eigenvalue weighted by atomic mass is 32.1. The van der Waals surface area contributed by atoms with Crippen molar-refractivity contribution < 1.29 is 4.79 Å². The Bertz CT molecular complexity index is 873. The van der Waals surface area contributed by atoms with Crippen LogP contribution < -0.4 is 4.90 Å². The number of rotatable bonds is 5. The molecule has 0 fully saturated rings. The maximum atomic E-state index is 13.2. The zero-order chi connectivity index (χ0) is 18.4. The van der Waals surface area contributed by atoms with Crippen LogP contribution in [0.2, 0.25) is 0 Å². The van der Waals surface area contributed by atoms with Crippen molar-refractivity contribution in [3.8, 4) is 0 Å². The van der Waals surface area contributed by atoms with Crippen LogP contribution in [0.15, 0.2) is 29.6 Å². The quantitative estimate of drug-likeness (QED) is 0.713. The number of aryl methyl sites for hydroxylation is 1. The van der Waals surface area contributed by atoms with Gasteiger partial charge in [0, 0.05) is 30.7 Å². The highest BCUT2D eigenvalue weighted by molar-refractivity contribution is 7.10. The number of benzene rings is 1. The number of hydrogen-bond acceptors (Lipinski definition) is 3. The van der Waals surface area contributed by atoms with Gasteiger partial charge < -0.3 is 4.90 Å². The minimum atomic E-state index is -0.235. The van der Waals surface area contributed by atoms with Gasteiger partial charge in [-0.3, -0.25) is 9.69 Å². The molecule has 2 aliphatic heterocycles. The summed E-state index contributed by atoms with van der Waals surface area (Å²) in [5.74, 6) is 0.338. The molecule has 1 aliphatic carbocycles. The topological polar surface area (TPSA) is 23.6 Å². The Kier molecular flexibility index (Phi) is 4.36. The fraction of sp³-hybridized carbons (Fsp3) is 0.522. The third-order valence-corrected chi connectivity index (χ3v) is 7.97. The number of carbonyl (C=O) groups excluding carboxylic acids is 1. The van der Waals surface area contributed by atoms with Gasteiger partial charge in [0.15, 0.2) is 0 Å². The Morgan fingerprint density at radius 2 is 2.07 bits per heavy atom. The number of anilines is 1. The maximum Gasteiger partial charge on any atom is 0.237 e. The lowest BCUT2D eigenvalue weighted by molar-refractivity contribution is -0.123. The van der Waals surface area contributed by atoms with Crippen LogP contribution in [0.25, 0.3) is 0 Å². The number of carbonyl (C=O) groups is 1. The highest BCUT2D eigenvalue weighted by Crippen LogP contribution is 2.51. The number of thiophene rings is 1. The molecule has 5 rings (SSSR count). The average Bonchev–Trinajstić information content (AvgIpc) is 3.24. The number of amides is 1. The summed E-state index contributed by atoms with van der Waals surface area (Å²) in [5, 5.41) is 2.23. The van der Waals surface area contributed by atoms with Gasteiger partial charge in [-0.2, -0.15) is 0 Å². The molecule has 3 heterocycles. The predicted molar refractivity (Wildman–Crippen MR) is 112 cm³/mol. The summed E-state index contributed by atoms with van der Waals surface area (Å²) >= 11 is 1.91. The minimum absolute atomic E-state index is 0.235. The van der Waals surface area contributed by atoms with Gasteiger partial charge in [-0.25, -0.2) is 0 Å². The van der Waals surface area contributed by atoms with Gasteiger partial charge in [-0.15, -0.1) is 11.3 Å². The van der Waals surface area contributed by atoms with Gasteiger partial charge in [0.25, 0.3) is 0 Å². The summed E-state index contributed by atoms with van der Waals surface area (Å²) in [7, 11) is 1.96. The largest absolute Gasteiger partial charge is 0.314 e. The van der Waals surface area contributed by atoms with Crippen molar-refractivity contribution in [2.75, 3.05) is 25.0 Å². The van der Waals surface area contributed by atoms with E-state index in [9.17, 15) is 4.79 Å². The maximum absolute atomic E-state index is 13.2. The first-order valence-corrected chi connectivity index (χ1v) is 11.3. The molecule has 0 saturated heterocycles. The number of fused-ring (bicyclic) bond motifs is 1. The van der Waals surface area contributed by atoms with Crippen LogP contribution >= 0.6 is 11.3 Å². The molecule has 1 amide bonds. The third-order valence-electron chi connectivity index (χ3n) is 6.95. The average molecular weight is 380 g/mol. The molecule has 2 aromatic rings. The Labute approximate surface area is 166 Å². The molecule has 4 heteroatoms. The molecule has 142 valence electrons. The summed E-state index contributed by atoms with van der Waals surface area (Å²) in [4.78, 5) is 19.3. The first-order valence-electron chi connectivity index (χ1n) is 10.4. The normalized spacial score (nSPS) is 24.2. The molecule has 3 aliphatic rings. The predicted octanol–water partition coefficient (Wildman–Crippen LogP) is 4.53. The van der Waals surface area contributed by atoms with Crippen molar-refractivity contribution >= 4 is 22.9 Å². The van der Waals surface area contributed by atoms with E-state index in [-0.39, 0.29) is 5.41 Å². The van der Waals surface area contributed by atoms with Crippen molar-refractivity contribution in [1.82, 2.24) is 4.90 Å². The molecule has 0 spiro atoms.